The van der Waals surface area contributed by atoms with Crippen molar-refractivity contribution in [2.75, 3.05) is 13.2 Å². The van der Waals surface area contributed by atoms with E-state index in [0.717, 1.165) is 30.3 Å². The minimum Gasteiger partial charge on any atom is -0.488 e. The molecule has 0 bridgehead atoms. The molecule has 2 aromatic carbocycles. The molecule has 0 saturated heterocycles. The zero-order chi connectivity index (χ0) is 15.2. The highest BCUT2D eigenvalue weighted by Gasteiger charge is 2.13. The van der Waals surface area contributed by atoms with Gasteiger partial charge in [0, 0.05) is 6.07 Å². The van der Waals surface area contributed by atoms with Crippen molar-refractivity contribution in [3.05, 3.63) is 65.2 Å². The molecule has 112 valence electrons. The second-order valence-corrected chi connectivity index (χ2v) is 4.91. The van der Waals surface area contributed by atoms with Gasteiger partial charge in [-0.3, -0.25) is 0 Å². The lowest BCUT2D eigenvalue weighted by atomic mass is 10.1. The topological polar surface area (TPSA) is 21.3 Å². The molecule has 0 aliphatic carbocycles. The van der Waals surface area contributed by atoms with Crippen LogP contribution in [0.5, 0.6) is 5.75 Å². The van der Waals surface area contributed by atoms with E-state index >= 15 is 0 Å². The third-order valence-corrected chi connectivity index (χ3v) is 3.23. The van der Waals surface area contributed by atoms with Gasteiger partial charge in [0.1, 0.15) is 12.4 Å². The van der Waals surface area contributed by atoms with Crippen molar-refractivity contribution in [1.29, 1.82) is 0 Å². The SMILES string of the molecule is CCNC(COc1cc(F)ccc1F)c1ccc(C)cc1. The Morgan fingerprint density at radius 1 is 1.10 bits per heavy atom. The van der Waals surface area contributed by atoms with Crippen molar-refractivity contribution < 1.29 is 13.5 Å². The van der Waals surface area contributed by atoms with Crippen molar-refractivity contribution in [1.82, 2.24) is 5.32 Å². The Balaban J connectivity index is 2.09. The Labute approximate surface area is 123 Å². The quantitative estimate of drug-likeness (QED) is 0.868. The number of nitrogens with one attached hydrogen (secondary N) is 1. The molecule has 0 aliphatic rings. The molecule has 2 rings (SSSR count). The molecule has 0 saturated carbocycles. The summed E-state index contributed by atoms with van der Waals surface area (Å²) in [6.07, 6.45) is 0. The van der Waals surface area contributed by atoms with Crippen LogP contribution >= 0.6 is 0 Å². The predicted molar refractivity (Wildman–Crippen MR) is 79.4 cm³/mol. The summed E-state index contributed by atoms with van der Waals surface area (Å²) in [6, 6.07) is 11.2. The van der Waals surface area contributed by atoms with E-state index in [1.54, 1.807) is 0 Å². The third-order valence-electron chi connectivity index (χ3n) is 3.23. The summed E-state index contributed by atoms with van der Waals surface area (Å²) in [5.74, 6) is -1.14. The van der Waals surface area contributed by atoms with Gasteiger partial charge in [-0.2, -0.15) is 0 Å². The number of ether oxygens (including phenoxy) is 1. The van der Waals surface area contributed by atoms with Crippen molar-refractivity contribution in [2.24, 2.45) is 0 Å². The average Bonchev–Trinajstić information content (AvgIpc) is 2.48. The van der Waals surface area contributed by atoms with Crippen LogP contribution in [0.4, 0.5) is 8.78 Å². The Bertz CT molecular complexity index is 584. The van der Waals surface area contributed by atoms with Crippen LogP contribution in [0.3, 0.4) is 0 Å². The number of likely N-dealkylation sites (N-methyl/N-ethyl adjacent to an activating group) is 1. The summed E-state index contributed by atoms with van der Waals surface area (Å²) in [6.45, 7) is 5.00. The van der Waals surface area contributed by atoms with Gasteiger partial charge in [-0.15, -0.1) is 0 Å². The Kier molecular flexibility index (Phi) is 5.28. The van der Waals surface area contributed by atoms with Crippen molar-refractivity contribution in [3.63, 3.8) is 0 Å². The lowest BCUT2D eigenvalue weighted by Crippen LogP contribution is -2.26. The lowest BCUT2D eigenvalue weighted by Gasteiger charge is -2.19. The van der Waals surface area contributed by atoms with Gasteiger partial charge >= 0.3 is 0 Å². The van der Waals surface area contributed by atoms with Crippen LogP contribution in [0.15, 0.2) is 42.5 Å². The molecule has 1 N–H and O–H groups in total. The highest BCUT2D eigenvalue weighted by molar-refractivity contribution is 5.27. The molecule has 0 aliphatic heterocycles. The first-order valence-electron chi connectivity index (χ1n) is 6.98. The normalized spacial score (nSPS) is 12.2. The summed E-state index contributed by atoms with van der Waals surface area (Å²) >= 11 is 0. The fourth-order valence-electron chi connectivity index (χ4n) is 2.08. The van der Waals surface area contributed by atoms with Gasteiger partial charge in [-0.25, -0.2) is 8.78 Å². The number of benzene rings is 2. The molecule has 2 aromatic rings. The first kappa shape index (κ1) is 15.4. The monoisotopic (exact) mass is 291 g/mol. The standard InChI is InChI=1S/C17H19F2NO/c1-3-20-16(13-6-4-12(2)5-7-13)11-21-17-10-14(18)8-9-15(17)19/h4-10,16,20H,3,11H2,1-2H3. The van der Waals surface area contributed by atoms with Crippen LogP contribution in [0.2, 0.25) is 0 Å². The number of aryl methyl sites for hydroxylation is 1. The number of halogens is 2. The first-order valence-corrected chi connectivity index (χ1v) is 6.98. The van der Waals surface area contributed by atoms with E-state index in [1.807, 2.05) is 38.1 Å². The van der Waals surface area contributed by atoms with Crippen LogP contribution in [0.25, 0.3) is 0 Å². The van der Waals surface area contributed by atoms with Gasteiger partial charge in [0.15, 0.2) is 11.6 Å². The summed E-state index contributed by atoms with van der Waals surface area (Å²) in [5, 5.41) is 3.28. The molecule has 2 nitrogen and oxygen atoms in total. The molecular formula is C17H19F2NO. The molecule has 0 radical (unpaired) electrons. The maximum atomic E-state index is 13.5. The summed E-state index contributed by atoms with van der Waals surface area (Å²) in [4.78, 5) is 0. The summed E-state index contributed by atoms with van der Waals surface area (Å²) < 4.78 is 32.1. The van der Waals surface area contributed by atoms with Gasteiger partial charge in [0.2, 0.25) is 0 Å². The predicted octanol–water partition coefficient (Wildman–Crippen LogP) is 4.00. The number of hydrogen-bond donors (Lipinski definition) is 1. The molecular weight excluding hydrogens is 272 g/mol. The minimum absolute atomic E-state index is 0.0648. The zero-order valence-corrected chi connectivity index (χ0v) is 12.2. The molecule has 21 heavy (non-hydrogen) atoms. The van der Waals surface area contributed by atoms with E-state index in [2.05, 4.69) is 5.32 Å². The Morgan fingerprint density at radius 3 is 2.48 bits per heavy atom. The van der Waals surface area contributed by atoms with Gasteiger partial charge in [-0.05, 0) is 31.2 Å². The first-order chi connectivity index (χ1) is 10.1. The molecule has 0 heterocycles. The molecule has 0 fully saturated rings. The highest BCUT2D eigenvalue weighted by Crippen LogP contribution is 2.21. The van der Waals surface area contributed by atoms with Gasteiger partial charge < -0.3 is 10.1 Å². The number of rotatable bonds is 6. The zero-order valence-electron chi connectivity index (χ0n) is 12.2. The maximum Gasteiger partial charge on any atom is 0.165 e. The summed E-state index contributed by atoms with van der Waals surface area (Å²) in [7, 11) is 0. The number of hydrogen-bond acceptors (Lipinski definition) is 2. The second-order valence-electron chi connectivity index (χ2n) is 4.91. The average molecular weight is 291 g/mol. The van der Waals surface area contributed by atoms with Gasteiger partial charge in [0.05, 0.1) is 6.04 Å². The molecule has 0 spiro atoms. The van der Waals surface area contributed by atoms with Crippen LogP contribution in [0.1, 0.15) is 24.1 Å². The van der Waals surface area contributed by atoms with Crippen LogP contribution in [-0.2, 0) is 0 Å². The molecule has 0 amide bonds. The Hall–Kier alpha value is -1.94. The maximum absolute atomic E-state index is 13.5. The van der Waals surface area contributed by atoms with E-state index < -0.39 is 11.6 Å². The smallest absolute Gasteiger partial charge is 0.165 e. The highest BCUT2D eigenvalue weighted by atomic mass is 19.1. The fraction of sp³-hybridized carbons (Fsp3) is 0.294. The van der Waals surface area contributed by atoms with E-state index in [4.69, 9.17) is 4.74 Å². The van der Waals surface area contributed by atoms with Crippen LogP contribution in [-0.4, -0.2) is 13.2 Å². The van der Waals surface area contributed by atoms with Crippen molar-refractivity contribution >= 4 is 0 Å². The van der Waals surface area contributed by atoms with Gasteiger partial charge in [-0.1, -0.05) is 36.8 Å². The molecule has 1 unspecified atom stereocenters. The van der Waals surface area contributed by atoms with E-state index in [-0.39, 0.29) is 18.4 Å². The summed E-state index contributed by atoms with van der Waals surface area (Å²) in [5.41, 5.74) is 2.23. The Morgan fingerprint density at radius 2 is 1.81 bits per heavy atom. The van der Waals surface area contributed by atoms with Crippen molar-refractivity contribution in [2.45, 2.75) is 19.9 Å². The van der Waals surface area contributed by atoms with Crippen molar-refractivity contribution in [3.8, 4) is 5.75 Å². The van der Waals surface area contributed by atoms with E-state index in [9.17, 15) is 8.78 Å². The molecule has 0 aromatic heterocycles. The van der Waals surface area contributed by atoms with E-state index in [0.29, 0.717) is 0 Å². The van der Waals surface area contributed by atoms with Crippen LogP contribution < -0.4 is 10.1 Å². The largest absolute Gasteiger partial charge is 0.488 e. The lowest BCUT2D eigenvalue weighted by molar-refractivity contribution is 0.256. The fourth-order valence-corrected chi connectivity index (χ4v) is 2.08. The van der Waals surface area contributed by atoms with Crippen LogP contribution in [0, 0.1) is 18.6 Å². The minimum atomic E-state index is -0.560. The van der Waals surface area contributed by atoms with E-state index in [1.165, 1.54) is 5.56 Å². The molecule has 4 heteroatoms. The second kappa shape index (κ2) is 7.18. The third kappa shape index (κ3) is 4.26. The molecule has 1 atom stereocenters. The van der Waals surface area contributed by atoms with Gasteiger partial charge in [0.25, 0.3) is 0 Å².